The molecule has 10 heteroatoms. The fourth-order valence-electron chi connectivity index (χ4n) is 3.20. The van der Waals surface area contributed by atoms with Crippen LogP contribution >= 0.6 is 15.9 Å². The molecule has 0 N–H and O–H groups in total. The Balaban J connectivity index is 2.13. The van der Waals surface area contributed by atoms with Crippen LogP contribution < -0.4 is 4.90 Å². The monoisotopic (exact) mass is 478 g/mol. The van der Waals surface area contributed by atoms with E-state index in [1.54, 1.807) is 0 Å². The van der Waals surface area contributed by atoms with Crippen LogP contribution in [0.25, 0.3) is 0 Å². The molecule has 2 rings (SSSR count). The van der Waals surface area contributed by atoms with E-state index < -0.39 is 20.8 Å². The van der Waals surface area contributed by atoms with Crippen molar-refractivity contribution in [3.63, 3.8) is 0 Å². The lowest BCUT2D eigenvalue weighted by Gasteiger charge is -2.38. The van der Waals surface area contributed by atoms with Gasteiger partial charge in [0.25, 0.3) is 6.47 Å². The highest BCUT2D eigenvalue weighted by Gasteiger charge is 2.34. The van der Waals surface area contributed by atoms with Gasteiger partial charge in [0.1, 0.15) is 23.7 Å². The van der Waals surface area contributed by atoms with E-state index >= 15 is 0 Å². The van der Waals surface area contributed by atoms with Crippen LogP contribution in [0.3, 0.4) is 0 Å². The van der Waals surface area contributed by atoms with Crippen LogP contribution in [-0.2, 0) is 26.2 Å². The standard InChI is InChI=1S/C18H21BrF2N2O4S/c1-13(21)18(10-20)28(25,26)23-7-5-16(6-8-23)22(2)17-4-3-15(19)9-14(17)11-27-12-24/h3-4,9-10,12,16H,1,5-8,11H2,2H3/b18-10-. The first-order valence-corrected chi connectivity index (χ1v) is 10.7. The molecule has 0 amide bonds. The molecule has 0 spiro atoms. The fraction of sp³-hybridized carbons (Fsp3) is 0.389. The van der Waals surface area contributed by atoms with Gasteiger partial charge >= 0.3 is 0 Å². The molecule has 1 aromatic carbocycles. The highest BCUT2D eigenvalue weighted by atomic mass is 79.9. The van der Waals surface area contributed by atoms with Crippen molar-refractivity contribution >= 4 is 38.1 Å². The van der Waals surface area contributed by atoms with Crippen LogP contribution in [0.1, 0.15) is 18.4 Å². The maximum absolute atomic E-state index is 13.3. The summed E-state index contributed by atoms with van der Waals surface area (Å²) in [6, 6.07) is 5.60. The second-order valence-electron chi connectivity index (χ2n) is 6.30. The number of hydrogen-bond acceptors (Lipinski definition) is 5. The van der Waals surface area contributed by atoms with E-state index in [2.05, 4.69) is 22.5 Å². The molecule has 0 aromatic heterocycles. The smallest absolute Gasteiger partial charge is 0.293 e. The van der Waals surface area contributed by atoms with Gasteiger partial charge in [-0.05, 0) is 31.0 Å². The number of piperidine rings is 1. The summed E-state index contributed by atoms with van der Waals surface area (Å²) in [4.78, 5) is 11.5. The summed E-state index contributed by atoms with van der Waals surface area (Å²) in [5.41, 5.74) is 1.66. The Kier molecular flexibility index (Phi) is 7.73. The van der Waals surface area contributed by atoms with Crippen LogP contribution in [0.5, 0.6) is 0 Å². The SMILES string of the molecule is C=C(F)/C(=C/F)S(=O)(=O)N1CCC(N(C)c2ccc(Br)cc2COC=O)CC1. The van der Waals surface area contributed by atoms with Gasteiger partial charge in [0, 0.05) is 41.9 Å². The van der Waals surface area contributed by atoms with Gasteiger partial charge in [-0.2, -0.15) is 4.31 Å². The van der Waals surface area contributed by atoms with Gasteiger partial charge in [-0.15, -0.1) is 0 Å². The minimum atomic E-state index is -4.25. The number of carbonyl (C=O) groups is 1. The Labute approximate surface area is 171 Å². The summed E-state index contributed by atoms with van der Waals surface area (Å²) in [6.07, 6.45) is 0.674. The lowest BCUT2D eigenvalue weighted by molar-refractivity contribution is -0.129. The molecule has 0 saturated carbocycles. The zero-order chi connectivity index (χ0) is 20.9. The van der Waals surface area contributed by atoms with Gasteiger partial charge in [-0.3, -0.25) is 4.79 Å². The Bertz CT molecular complexity index is 868. The molecular formula is C18H21BrF2N2O4S. The van der Waals surface area contributed by atoms with Crippen molar-refractivity contribution in [2.45, 2.75) is 25.5 Å². The van der Waals surface area contributed by atoms with Gasteiger partial charge in [0.05, 0.1) is 0 Å². The van der Waals surface area contributed by atoms with Crippen molar-refractivity contribution in [2.24, 2.45) is 0 Å². The highest BCUT2D eigenvalue weighted by molar-refractivity contribution is 9.10. The van der Waals surface area contributed by atoms with E-state index in [1.807, 2.05) is 30.1 Å². The predicted octanol–water partition coefficient (Wildman–Crippen LogP) is 3.65. The molecule has 154 valence electrons. The van der Waals surface area contributed by atoms with E-state index in [9.17, 15) is 22.0 Å². The molecule has 1 heterocycles. The van der Waals surface area contributed by atoms with E-state index in [1.165, 1.54) is 0 Å². The predicted molar refractivity (Wildman–Crippen MR) is 106 cm³/mol. The average Bonchev–Trinajstić information content (AvgIpc) is 2.66. The molecule has 1 aliphatic heterocycles. The van der Waals surface area contributed by atoms with E-state index in [0.29, 0.717) is 19.3 Å². The van der Waals surface area contributed by atoms with Crippen molar-refractivity contribution in [3.05, 3.63) is 51.9 Å². The van der Waals surface area contributed by atoms with E-state index in [0.717, 1.165) is 20.0 Å². The quantitative estimate of drug-likeness (QED) is 0.421. The maximum Gasteiger partial charge on any atom is 0.293 e. The van der Waals surface area contributed by atoms with E-state index in [-0.39, 0.29) is 32.1 Å². The fourth-order valence-corrected chi connectivity index (χ4v) is 4.97. The summed E-state index contributed by atoms with van der Waals surface area (Å²) in [7, 11) is -2.38. The molecular weight excluding hydrogens is 458 g/mol. The number of anilines is 1. The zero-order valence-corrected chi connectivity index (χ0v) is 17.7. The molecule has 0 bridgehead atoms. The lowest BCUT2D eigenvalue weighted by atomic mass is 10.0. The van der Waals surface area contributed by atoms with Gasteiger partial charge in [0.15, 0.2) is 0 Å². The number of rotatable bonds is 8. The zero-order valence-electron chi connectivity index (χ0n) is 15.3. The first-order chi connectivity index (χ1) is 13.2. The third-order valence-electron chi connectivity index (χ3n) is 4.68. The molecule has 1 aliphatic rings. The van der Waals surface area contributed by atoms with Gasteiger partial charge in [-0.1, -0.05) is 22.5 Å². The van der Waals surface area contributed by atoms with Crippen LogP contribution in [0.4, 0.5) is 14.5 Å². The summed E-state index contributed by atoms with van der Waals surface area (Å²) < 4.78 is 57.6. The molecule has 1 fully saturated rings. The molecule has 0 unspecified atom stereocenters. The summed E-state index contributed by atoms with van der Waals surface area (Å²) in [5.74, 6) is -1.32. The third kappa shape index (κ3) is 4.98. The van der Waals surface area contributed by atoms with Crippen LogP contribution in [0.15, 0.2) is 46.3 Å². The summed E-state index contributed by atoms with van der Waals surface area (Å²) in [6.45, 7) is 3.62. The van der Waals surface area contributed by atoms with Crippen molar-refractivity contribution in [3.8, 4) is 0 Å². The number of benzene rings is 1. The average molecular weight is 479 g/mol. The largest absolute Gasteiger partial charge is 0.463 e. The molecule has 1 aromatic rings. The number of halogens is 3. The van der Waals surface area contributed by atoms with Gasteiger partial charge in [-0.25, -0.2) is 17.2 Å². The molecule has 1 saturated heterocycles. The lowest BCUT2D eigenvalue weighted by Crippen LogP contribution is -2.46. The first-order valence-electron chi connectivity index (χ1n) is 8.44. The maximum atomic E-state index is 13.3. The second kappa shape index (κ2) is 9.62. The van der Waals surface area contributed by atoms with Crippen LogP contribution in [0.2, 0.25) is 0 Å². The second-order valence-corrected chi connectivity index (χ2v) is 9.13. The van der Waals surface area contributed by atoms with Crippen molar-refractivity contribution in [1.82, 2.24) is 4.31 Å². The van der Waals surface area contributed by atoms with Gasteiger partial charge < -0.3 is 9.64 Å². The molecule has 6 nitrogen and oxygen atoms in total. The Morgan fingerprint density at radius 2 is 2.07 bits per heavy atom. The van der Waals surface area contributed by atoms with Crippen LogP contribution in [-0.4, -0.2) is 45.4 Å². The third-order valence-corrected chi connectivity index (χ3v) is 7.09. The minimum absolute atomic E-state index is 0.00832. The number of carbonyl (C=O) groups excluding carboxylic acids is 1. The van der Waals surface area contributed by atoms with Crippen LogP contribution in [0, 0.1) is 0 Å². The number of nitrogens with zero attached hydrogens (tertiary/aromatic N) is 2. The first kappa shape index (κ1) is 22.5. The van der Waals surface area contributed by atoms with Crippen molar-refractivity contribution in [1.29, 1.82) is 0 Å². The van der Waals surface area contributed by atoms with E-state index in [4.69, 9.17) is 4.74 Å². The van der Waals surface area contributed by atoms with Crippen molar-refractivity contribution in [2.75, 3.05) is 25.0 Å². The number of allylic oxidation sites excluding steroid dienone is 1. The molecule has 0 atom stereocenters. The Hall–Kier alpha value is -1.78. The molecule has 0 radical (unpaired) electrons. The number of sulfonamides is 1. The number of hydrogen-bond donors (Lipinski definition) is 0. The van der Waals surface area contributed by atoms with Gasteiger partial charge in [0.2, 0.25) is 10.0 Å². The summed E-state index contributed by atoms with van der Waals surface area (Å²) >= 11 is 3.39. The number of ether oxygens (including phenoxy) is 1. The minimum Gasteiger partial charge on any atom is -0.463 e. The summed E-state index contributed by atoms with van der Waals surface area (Å²) in [5, 5.41) is 0. The topological polar surface area (TPSA) is 66.9 Å². The molecule has 28 heavy (non-hydrogen) atoms. The Morgan fingerprint density at radius 3 is 2.61 bits per heavy atom. The molecule has 0 aliphatic carbocycles. The highest BCUT2D eigenvalue weighted by Crippen LogP contribution is 2.30. The van der Waals surface area contributed by atoms with Crippen molar-refractivity contribution < 1.29 is 26.7 Å². The normalized spacial score (nSPS) is 16.6. The Morgan fingerprint density at radius 1 is 1.43 bits per heavy atom.